The van der Waals surface area contributed by atoms with Crippen LogP contribution in [0.2, 0.25) is 5.02 Å². The van der Waals surface area contributed by atoms with E-state index in [-0.39, 0.29) is 11.9 Å². The number of carbonyl (C=O) groups excluding carboxylic acids is 1. The van der Waals surface area contributed by atoms with E-state index in [1.54, 1.807) is 0 Å². The second-order valence-electron chi connectivity index (χ2n) is 5.58. The lowest BCUT2D eigenvalue weighted by Crippen LogP contribution is -2.38. The van der Waals surface area contributed by atoms with Crippen LogP contribution in [0.3, 0.4) is 0 Å². The summed E-state index contributed by atoms with van der Waals surface area (Å²) in [5.41, 5.74) is 1.54. The second kappa shape index (κ2) is 5.78. The third-order valence-corrected chi connectivity index (χ3v) is 4.69. The van der Waals surface area contributed by atoms with Crippen molar-refractivity contribution in [3.05, 3.63) is 40.4 Å². The Hall–Kier alpha value is -1.39. The fourth-order valence-corrected chi connectivity index (χ4v) is 3.33. The Morgan fingerprint density at radius 3 is 2.57 bits per heavy atom. The Bertz CT molecular complexity index is 645. The predicted octanol–water partition coefficient (Wildman–Crippen LogP) is 4.48. The standard InChI is InChI=1S/C16H17ClN2OS/c1-10(2)19(13-7-8-13)16(20)14-9-21-15(18-14)11-3-5-12(17)6-4-11/h3-6,9-10,13H,7-8H2,1-2H3. The minimum absolute atomic E-state index is 0.0453. The Morgan fingerprint density at radius 1 is 1.33 bits per heavy atom. The summed E-state index contributed by atoms with van der Waals surface area (Å²) >= 11 is 7.39. The predicted molar refractivity (Wildman–Crippen MR) is 86.9 cm³/mol. The van der Waals surface area contributed by atoms with Crippen LogP contribution in [0.15, 0.2) is 29.6 Å². The third-order valence-electron chi connectivity index (χ3n) is 3.55. The van der Waals surface area contributed by atoms with Crippen molar-refractivity contribution in [2.24, 2.45) is 0 Å². The lowest BCUT2D eigenvalue weighted by molar-refractivity contribution is 0.0685. The number of nitrogens with zero attached hydrogens (tertiary/aromatic N) is 2. The molecular weight excluding hydrogens is 304 g/mol. The van der Waals surface area contributed by atoms with Gasteiger partial charge in [-0.2, -0.15) is 0 Å². The van der Waals surface area contributed by atoms with E-state index in [0.717, 1.165) is 23.4 Å². The SMILES string of the molecule is CC(C)N(C(=O)c1csc(-c2ccc(Cl)cc2)n1)C1CC1. The molecule has 5 heteroatoms. The molecule has 1 aliphatic rings. The van der Waals surface area contributed by atoms with Crippen molar-refractivity contribution in [2.75, 3.05) is 0 Å². The number of halogens is 1. The molecular formula is C16H17ClN2OS. The van der Waals surface area contributed by atoms with Gasteiger partial charge in [-0.1, -0.05) is 23.7 Å². The molecule has 1 aromatic carbocycles. The van der Waals surface area contributed by atoms with E-state index in [4.69, 9.17) is 11.6 Å². The number of aromatic nitrogens is 1. The summed E-state index contributed by atoms with van der Waals surface area (Å²) in [5, 5.41) is 3.41. The summed E-state index contributed by atoms with van der Waals surface area (Å²) in [4.78, 5) is 19.1. The minimum atomic E-state index is 0.0453. The first kappa shape index (κ1) is 14.5. The zero-order valence-corrected chi connectivity index (χ0v) is 13.6. The molecule has 1 aromatic heterocycles. The molecule has 1 heterocycles. The summed E-state index contributed by atoms with van der Waals surface area (Å²) in [6.07, 6.45) is 2.22. The average Bonchev–Trinajstić information content (AvgIpc) is 3.15. The third kappa shape index (κ3) is 3.11. The maximum absolute atomic E-state index is 12.6. The van der Waals surface area contributed by atoms with Gasteiger partial charge >= 0.3 is 0 Å². The molecule has 3 rings (SSSR count). The molecule has 21 heavy (non-hydrogen) atoms. The van der Waals surface area contributed by atoms with E-state index in [9.17, 15) is 4.79 Å². The molecule has 1 amide bonds. The van der Waals surface area contributed by atoms with Crippen LogP contribution in [0.25, 0.3) is 10.6 Å². The van der Waals surface area contributed by atoms with Gasteiger partial charge in [0.2, 0.25) is 0 Å². The molecule has 0 saturated heterocycles. The van der Waals surface area contributed by atoms with Crippen molar-refractivity contribution >= 4 is 28.8 Å². The van der Waals surface area contributed by atoms with Crippen molar-refractivity contribution in [3.8, 4) is 10.6 Å². The van der Waals surface area contributed by atoms with Crippen molar-refractivity contribution in [2.45, 2.75) is 38.8 Å². The minimum Gasteiger partial charge on any atom is -0.332 e. The van der Waals surface area contributed by atoms with Gasteiger partial charge in [0.25, 0.3) is 5.91 Å². The molecule has 0 unspecified atom stereocenters. The highest BCUT2D eigenvalue weighted by atomic mass is 35.5. The molecule has 0 atom stereocenters. The van der Waals surface area contributed by atoms with E-state index < -0.39 is 0 Å². The maximum Gasteiger partial charge on any atom is 0.273 e. The van der Waals surface area contributed by atoms with Crippen LogP contribution < -0.4 is 0 Å². The first-order chi connectivity index (χ1) is 10.1. The van der Waals surface area contributed by atoms with Gasteiger partial charge in [-0.05, 0) is 38.8 Å². The summed E-state index contributed by atoms with van der Waals surface area (Å²) in [6.45, 7) is 4.12. The van der Waals surface area contributed by atoms with E-state index in [1.165, 1.54) is 11.3 Å². The molecule has 0 spiro atoms. The van der Waals surface area contributed by atoms with Gasteiger partial charge in [0.1, 0.15) is 10.7 Å². The number of thiazole rings is 1. The number of benzene rings is 1. The summed E-state index contributed by atoms with van der Waals surface area (Å²) in [6, 6.07) is 8.14. The van der Waals surface area contributed by atoms with Crippen LogP contribution in [0.1, 0.15) is 37.2 Å². The van der Waals surface area contributed by atoms with E-state index >= 15 is 0 Å². The zero-order valence-electron chi connectivity index (χ0n) is 12.0. The molecule has 1 aliphatic carbocycles. The van der Waals surface area contributed by atoms with Crippen LogP contribution >= 0.6 is 22.9 Å². The van der Waals surface area contributed by atoms with E-state index in [1.807, 2.05) is 34.5 Å². The van der Waals surface area contributed by atoms with Gasteiger partial charge < -0.3 is 4.90 Å². The van der Waals surface area contributed by atoms with Crippen LogP contribution in [0.5, 0.6) is 0 Å². The number of amides is 1. The molecule has 3 nitrogen and oxygen atoms in total. The van der Waals surface area contributed by atoms with Crippen molar-refractivity contribution in [1.82, 2.24) is 9.88 Å². The summed E-state index contributed by atoms with van der Waals surface area (Å²) in [5.74, 6) is 0.0453. The Morgan fingerprint density at radius 2 is 2.00 bits per heavy atom. The van der Waals surface area contributed by atoms with Crippen molar-refractivity contribution in [1.29, 1.82) is 0 Å². The van der Waals surface area contributed by atoms with Gasteiger partial charge in [-0.15, -0.1) is 11.3 Å². The van der Waals surface area contributed by atoms with Crippen LogP contribution in [-0.2, 0) is 0 Å². The quantitative estimate of drug-likeness (QED) is 0.832. The van der Waals surface area contributed by atoms with Crippen molar-refractivity contribution in [3.63, 3.8) is 0 Å². The second-order valence-corrected chi connectivity index (χ2v) is 6.88. The number of hydrogen-bond donors (Lipinski definition) is 0. The van der Waals surface area contributed by atoms with Gasteiger partial charge in [0.15, 0.2) is 0 Å². The molecule has 0 N–H and O–H groups in total. The summed E-state index contributed by atoms with van der Waals surface area (Å²) < 4.78 is 0. The Balaban J connectivity index is 1.84. The molecule has 0 aliphatic heterocycles. The molecule has 0 bridgehead atoms. The van der Waals surface area contributed by atoms with E-state index in [2.05, 4.69) is 18.8 Å². The number of hydrogen-bond acceptors (Lipinski definition) is 3. The lowest BCUT2D eigenvalue weighted by atomic mass is 10.2. The zero-order chi connectivity index (χ0) is 15.0. The smallest absolute Gasteiger partial charge is 0.273 e. The highest BCUT2D eigenvalue weighted by Crippen LogP contribution is 2.31. The summed E-state index contributed by atoms with van der Waals surface area (Å²) in [7, 11) is 0. The monoisotopic (exact) mass is 320 g/mol. The largest absolute Gasteiger partial charge is 0.332 e. The van der Waals surface area contributed by atoms with Crippen molar-refractivity contribution < 1.29 is 4.79 Å². The molecule has 110 valence electrons. The molecule has 2 aromatic rings. The highest BCUT2D eigenvalue weighted by molar-refractivity contribution is 7.13. The van der Waals surface area contributed by atoms with Gasteiger partial charge in [0.05, 0.1) is 0 Å². The topological polar surface area (TPSA) is 33.2 Å². The maximum atomic E-state index is 12.6. The Kier molecular flexibility index (Phi) is 4.00. The first-order valence-corrected chi connectivity index (χ1v) is 8.36. The fourth-order valence-electron chi connectivity index (χ4n) is 2.40. The van der Waals surface area contributed by atoms with Gasteiger partial charge in [-0.3, -0.25) is 4.79 Å². The Labute approximate surface area is 133 Å². The van der Waals surface area contributed by atoms with Crippen LogP contribution in [0, 0.1) is 0 Å². The van der Waals surface area contributed by atoms with E-state index in [0.29, 0.717) is 16.8 Å². The van der Waals surface area contributed by atoms with Crippen LogP contribution in [0.4, 0.5) is 0 Å². The first-order valence-electron chi connectivity index (χ1n) is 7.10. The van der Waals surface area contributed by atoms with Gasteiger partial charge in [-0.25, -0.2) is 4.98 Å². The molecule has 1 saturated carbocycles. The van der Waals surface area contributed by atoms with Gasteiger partial charge in [0, 0.05) is 28.0 Å². The number of rotatable bonds is 4. The number of carbonyl (C=O) groups is 1. The lowest BCUT2D eigenvalue weighted by Gasteiger charge is -2.25. The fraction of sp³-hybridized carbons (Fsp3) is 0.375. The van der Waals surface area contributed by atoms with Crippen LogP contribution in [-0.4, -0.2) is 27.9 Å². The average molecular weight is 321 g/mol. The normalized spacial score (nSPS) is 14.5. The molecule has 0 radical (unpaired) electrons. The molecule has 1 fully saturated rings. The highest BCUT2D eigenvalue weighted by Gasteiger charge is 2.35.